The van der Waals surface area contributed by atoms with Crippen molar-refractivity contribution < 1.29 is 19.1 Å². The highest BCUT2D eigenvalue weighted by atomic mass is 16.4. The standard InChI is InChI=1S/C15H24N2O4/c1-9(2)12(10(3)4)8-17-15(20)16-7-11-5-6-13(21-11)14(18)19/h5-6,9-10,12H,7-8H2,1-4H3,(H,18,19)(H2,16,17,20). The van der Waals surface area contributed by atoms with Crippen molar-refractivity contribution in [3.8, 4) is 0 Å². The van der Waals surface area contributed by atoms with Crippen LogP contribution >= 0.6 is 0 Å². The number of furan rings is 1. The lowest BCUT2D eigenvalue weighted by Gasteiger charge is -2.25. The number of hydrogen-bond donors (Lipinski definition) is 3. The summed E-state index contributed by atoms with van der Waals surface area (Å²) in [5, 5.41) is 14.2. The average molecular weight is 296 g/mol. The molecule has 0 aliphatic carbocycles. The van der Waals surface area contributed by atoms with Gasteiger partial charge in [-0.05, 0) is 29.9 Å². The Balaban J connectivity index is 2.38. The number of hydrogen-bond acceptors (Lipinski definition) is 3. The molecule has 6 heteroatoms. The normalized spacial score (nSPS) is 11.2. The molecule has 1 aromatic heterocycles. The number of carboxylic acids is 1. The lowest BCUT2D eigenvalue weighted by molar-refractivity contribution is 0.0660. The maximum absolute atomic E-state index is 11.7. The number of aromatic carboxylic acids is 1. The fourth-order valence-corrected chi connectivity index (χ4v) is 2.27. The van der Waals surface area contributed by atoms with E-state index in [1.54, 1.807) is 0 Å². The van der Waals surface area contributed by atoms with Crippen LogP contribution in [0.2, 0.25) is 0 Å². The molecule has 0 unspecified atom stereocenters. The van der Waals surface area contributed by atoms with Crippen molar-refractivity contribution >= 4 is 12.0 Å². The lowest BCUT2D eigenvalue weighted by atomic mass is 9.85. The number of carbonyl (C=O) groups is 2. The molecule has 118 valence electrons. The SMILES string of the molecule is CC(C)C(CNC(=O)NCc1ccc(C(=O)O)o1)C(C)C. The summed E-state index contributed by atoms with van der Waals surface area (Å²) in [4.78, 5) is 22.4. The first-order chi connectivity index (χ1) is 9.81. The molecule has 0 aliphatic heterocycles. The summed E-state index contributed by atoms with van der Waals surface area (Å²) in [6.45, 7) is 9.33. The number of carbonyl (C=O) groups excluding carboxylic acids is 1. The van der Waals surface area contributed by atoms with Gasteiger partial charge in [0.2, 0.25) is 5.76 Å². The van der Waals surface area contributed by atoms with Gasteiger partial charge in [-0.15, -0.1) is 0 Å². The number of urea groups is 1. The van der Waals surface area contributed by atoms with Gasteiger partial charge < -0.3 is 20.2 Å². The molecule has 6 nitrogen and oxygen atoms in total. The Bertz CT molecular complexity index is 472. The van der Waals surface area contributed by atoms with E-state index in [1.807, 2.05) is 0 Å². The predicted octanol–water partition coefficient (Wildman–Crippen LogP) is 2.71. The van der Waals surface area contributed by atoms with E-state index in [9.17, 15) is 9.59 Å². The summed E-state index contributed by atoms with van der Waals surface area (Å²) >= 11 is 0. The lowest BCUT2D eigenvalue weighted by Crippen LogP contribution is -2.40. The third-order valence-electron chi connectivity index (χ3n) is 3.51. The van der Waals surface area contributed by atoms with Crippen LogP contribution in [0, 0.1) is 17.8 Å². The quantitative estimate of drug-likeness (QED) is 0.721. The second-order valence-electron chi connectivity index (χ2n) is 5.79. The number of carboxylic acid groups (broad SMARTS) is 1. The van der Waals surface area contributed by atoms with Crippen molar-refractivity contribution in [3.63, 3.8) is 0 Å². The number of rotatable bonds is 7. The first-order valence-electron chi connectivity index (χ1n) is 7.15. The van der Waals surface area contributed by atoms with Gasteiger partial charge in [-0.2, -0.15) is 0 Å². The Kier molecular flexibility index (Phi) is 6.27. The van der Waals surface area contributed by atoms with Crippen LogP contribution < -0.4 is 10.6 Å². The van der Waals surface area contributed by atoms with Crippen LogP contribution in [-0.4, -0.2) is 23.7 Å². The molecule has 0 bridgehead atoms. The third-order valence-corrected chi connectivity index (χ3v) is 3.51. The van der Waals surface area contributed by atoms with Crippen molar-refractivity contribution in [2.75, 3.05) is 6.54 Å². The molecule has 1 rings (SSSR count). The van der Waals surface area contributed by atoms with Gasteiger partial charge in [0.1, 0.15) is 5.76 Å². The summed E-state index contributed by atoms with van der Waals surface area (Å²) in [5.74, 6) is 0.557. The molecule has 1 aromatic rings. The van der Waals surface area contributed by atoms with Crippen LogP contribution in [-0.2, 0) is 6.54 Å². The van der Waals surface area contributed by atoms with Crippen LogP contribution in [0.3, 0.4) is 0 Å². The zero-order valence-electron chi connectivity index (χ0n) is 13.0. The van der Waals surface area contributed by atoms with Gasteiger partial charge in [0, 0.05) is 6.54 Å². The molecule has 3 N–H and O–H groups in total. The molecular formula is C15H24N2O4. The minimum Gasteiger partial charge on any atom is -0.475 e. The van der Waals surface area contributed by atoms with Crippen LogP contribution in [0.1, 0.15) is 44.0 Å². The van der Waals surface area contributed by atoms with Gasteiger partial charge in [-0.3, -0.25) is 0 Å². The van der Waals surface area contributed by atoms with Gasteiger partial charge in [-0.25, -0.2) is 9.59 Å². The van der Waals surface area contributed by atoms with Crippen molar-refractivity contribution in [1.82, 2.24) is 10.6 Å². The monoisotopic (exact) mass is 296 g/mol. The van der Waals surface area contributed by atoms with Crippen molar-refractivity contribution in [3.05, 3.63) is 23.7 Å². The Labute approximate surface area is 124 Å². The van der Waals surface area contributed by atoms with Crippen LogP contribution in [0.5, 0.6) is 0 Å². The second kappa shape index (κ2) is 7.71. The summed E-state index contributed by atoms with van der Waals surface area (Å²) in [5.41, 5.74) is 0. The van der Waals surface area contributed by atoms with E-state index in [-0.39, 0.29) is 18.3 Å². The molecule has 0 aromatic carbocycles. The molecule has 0 saturated heterocycles. The topological polar surface area (TPSA) is 91.6 Å². The first-order valence-corrected chi connectivity index (χ1v) is 7.15. The third kappa shape index (κ3) is 5.49. The Morgan fingerprint density at radius 2 is 1.76 bits per heavy atom. The Morgan fingerprint density at radius 1 is 1.14 bits per heavy atom. The van der Waals surface area contributed by atoms with E-state index in [2.05, 4.69) is 38.3 Å². The maximum Gasteiger partial charge on any atom is 0.371 e. The highest BCUT2D eigenvalue weighted by Crippen LogP contribution is 2.19. The number of nitrogens with one attached hydrogen (secondary N) is 2. The van der Waals surface area contributed by atoms with Crippen molar-refractivity contribution in [2.24, 2.45) is 17.8 Å². The van der Waals surface area contributed by atoms with Gasteiger partial charge in [0.05, 0.1) is 6.54 Å². The summed E-state index contributed by atoms with van der Waals surface area (Å²) in [6.07, 6.45) is 0. The van der Waals surface area contributed by atoms with Gasteiger partial charge in [0.25, 0.3) is 0 Å². The fraction of sp³-hybridized carbons (Fsp3) is 0.600. The summed E-state index contributed by atoms with van der Waals surface area (Å²) < 4.78 is 5.06. The van der Waals surface area contributed by atoms with E-state index >= 15 is 0 Å². The molecule has 21 heavy (non-hydrogen) atoms. The Hall–Kier alpha value is -1.98. The summed E-state index contributed by atoms with van der Waals surface area (Å²) in [6, 6.07) is 2.62. The molecule has 0 fully saturated rings. The Morgan fingerprint density at radius 3 is 2.24 bits per heavy atom. The van der Waals surface area contributed by atoms with E-state index in [0.717, 1.165) is 0 Å². The summed E-state index contributed by atoms with van der Waals surface area (Å²) in [7, 11) is 0. The van der Waals surface area contributed by atoms with Gasteiger partial charge in [0.15, 0.2) is 0 Å². The van der Waals surface area contributed by atoms with E-state index in [1.165, 1.54) is 12.1 Å². The zero-order chi connectivity index (χ0) is 16.0. The molecule has 1 heterocycles. The molecule has 0 spiro atoms. The van der Waals surface area contributed by atoms with E-state index < -0.39 is 5.97 Å². The van der Waals surface area contributed by atoms with Crippen molar-refractivity contribution in [2.45, 2.75) is 34.2 Å². The maximum atomic E-state index is 11.7. The largest absolute Gasteiger partial charge is 0.475 e. The molecule has 0 atom stereocenters. The number of amides is 2. The van der Waals surface area contributed by atoms with E-state index in [0.29, 0.717) is 30.1 Å². The highest BCUT2D eigenvalue weighted by molar-refractivity contribution is 5.84. The smallest absolute Gasteiger partial charge is 0.371 e. The molecule has 0 aliphatic rings. The highest BCUT2D eigenvalue weighted by Gasteiger charge is 2.18. The van der Waals surface area contributed by atoms with Gasteiger partial charge >= 0.3 is 12.0 Å². The zero-order valence-corrected chi connectivity index (χ0v) is 13.0. The second-order valence-corrected chi connectivity index (χ2v) is 5.79. The average Bonchev–Trinajstić information content (AvgIpc) is 2.84. The van der Waals surface area contributed by atoms with Crippen molar-refractivity contribution in [1.29, 1.82) is 0 Å². The molecule has 0 radical (unpaired) electrons. The minimum absolute atomic E-state index is 0.133. The van der Waals surface area contributed by atoms with Gasteiger partial charge in [-0.1, -0.05) is 27.7 Å². The first kappa shape index (κ1) is 17.1. The molecular weight excluding hydrogens is 272 g/mol. The minimum atomic E-state index is -1.12. The molecule has 2 amide bonds. The van der Waals surface area contributed by atoms with Crippen LogP contribution in [0.25, 0.3) is 0 Å². The predicted molar refractivity (Wildman–Crippen MR) is 79.1 cm³/mol. The van der Waals surface area contributed by atoms with E-state index in [4.69, 9.17) is 9.52 Å². The van der Waals surface area contributed by atoms with Crippen LogP contribution in [0.15, 0.2) is 16.5 Å². The fourth-order valence-electron chi connectivity index (χ4n) is 2.27. The molecule has 0 saturated carbocycles. The van der Waals surface area contributed by atoms with Crippen LogP contribution in [0.4, 0.5) is 4.79 Å².